The Morgan fingerprint density at radius 3 is 1.57 bits per heavy atom. The van der Waals surface area contributed by atoms with E-state index in [-0.39, 0.29) is 5.41 Å². The molecule has 0 bridgehead atoms. The van der Waals surface area contributed by atoms with Crippen molar-refractivity contribution in [1.82, 2.24) is 0 Å². The van der Waals surface area contributed by atoms with E-state index >= 15 is 0 Å². The molecule has 0 aliphatic rings. The summed E-state index contributed by atoms with van der Waals surface area (Å²) in [5.41, 5.74) is 5.77. The van der Waals surface area contributed by atoms with Gasteiger partial charge in [-0.15, -0.1) is 0 Å². The van der Waals surface area contributed by atoms with Crippen LogP contribution in [0.4, 0.5) is 0 Å². The van der Waals surface area contributed by atoms with Crippen LogP contribution >= 0.6 is 0 Å². The standard InChI is InChI=1S/C12H20O4.C9H23NO3Si/c1-3-5-9-15-11(13)7-8-12(14)16-10-6-4-2;1-9(2,8-10)6-7-14(11-3,12-4)13-5/h7-8H,3-6,9-10H2,1-2H3;6-8,10H2,1-5H3/b8-7-;. The molecule has 0 spiro atoms. The average Bonchev–Trinajstić information content (AvgIpc) is 2.74. The highest BCUT2D eigenvalue weighted by molar-refractivity contribution is 6.60. The van der Waals surface area contributed by atoms with Crippen LogP contribution in [0.25, 0.3) is 0 Å². The van der Waals surface area contributed by atoms with Gasteiger partial charge in [0.25, 0.3) is 0 Å². The van der Waals surface area contributed by atoms with Crippen LogP contribution in [0.2, 0.25) is 6.04 Å². The van der Waals surface area contributed by atoms with Gasteiger partial charge in [-0.2, -0.15) is 0 Å². The molecule has 0 unspecified atom stereocenters. The molecule has 0 atom stereocenters. The van der Waals surface area contributed by atoms with Crippen molar-refractivity contribution in [2.24, 2.45) is 11.1 Å². The Labute approximate surface area is 183 Å². The maximum Gasteiger partial charge on any atom is 0.500 e. The number of esters is 2. The lowest BCUT2D eigenvalue weighted by molar-refractivity contribution is -0.140. The monoisotopic (exact) mass is 449 g/mol. The molecule has 0 rings (SSSR count). The summed E-state index contributed by atoms with van der Waals surface area (Å²) in [6.45, 7) is 9.73. The van der Waals surface area contributed by atoms with Crippen LogP contribution in [0.1, 0.15) is 59.8 Å². The molecule has 9 heteroatoms. The van der Waals surface area contributed by atoms with Crippen LogP contribution < -0.4 is 5.73 Å². The van der Waals surface area contributed by atoms with Gasteiger partial charge in [-0.25, -0.2) is 9.59 Å². The third-order valence-electron chi connectivity index (χ3n) is 4.43. The SMILES string of the molecule is CCCCOC(=O)/C=C\C(=O)OCCCC.CO[Si](CCC(C)(C)CN)(OC)OC. The maximum atomic E-state index is 11.0. The smallest absolute Gasteiger partial charge is 0.463 e. The molecule has 0 aliphatic carbocycles. The number of hydrogen-bond acceptors (Lipinski definition) is 8. The second-order valence-electron chi connectivity index (χ2n) is 7.54. The molecular formula is C21H43NO7Si. The molecule has 0 fully saturated rings. The molecule has 178 valence electrons. The molecule has 2 N–H and O–H groups in total. The highest BCUT2D eigenvalue weighted by Gasteiger charge is 2.38. The van der Waals surface area contributed by atoms with Crippen molar-refractivity contribution < 1.29 is 32.3 Å². The normalized spacial score (nSPS) is 11.7. The molecule has 0 saturated carbocycles. The van der Waals surface area contributed by atoms with E-state index in [2.05, 4.69) is 13.8 Å². The first-order chi connectivity index (χ1) is 14.2. The van der Waals surface area contributed by atoms with Gasteiger partial charge >= 0.3 is 20.7 Å². The second-order valence-corrected chi connectivity index (χ2v) is 10.6. The lowest BCUT2D eigenvalue weighted by atomic mass is 9.91. The van der Waals surface area contributed by atoms with Crippen molar-refractivity contribution in [3.8, 4) is 0 Å². The molecule has 0 saturated heterocycles. The minimum atomic E-state index is -2.40. The summed E-state index contributed by atoms with van der Waals surface area (Å²) in [7, 11) is 2.50. The van der Waals surface area contributed by atoms with E-state index in [0.29, 0.717) is 19.8 Å². The number of carbonyl (C=O) groups is 2. The highest BCUT2D eigenvalue weighted by Crippen LogP contribution is 2.26. The zero-order valence-corrected chi connectivity index (χ0v) is 21.0. The van der Waals surface area contributed by atoms with Gasteiger partial charge in [-0.3, -0.25) is 0 Å². The van der Waals surface area contributed by atoms with E-state index in [1.165, 1.54) is 0 Å². The van der Waals surface area contributed by atoms with E-state index in [1.54, 1.807) is 21.3 Å². The van der Waals surface area contributed by atoms with Gasteiger partial charge in [0, 0.05) is 39.5 Å². The van der Waals surface area contributed by atoms with E-state index in [1.807, 2.05) is 13.8 Å². The molecule has 0 aromatic carbocycles. The van der Waals surface area contributed by atoms with Crippen LogP contribution in [-0.4, -0.2) is 61.8 Å². The number of unbranched alkanes of at least 4 members (excludes halogenated alkanes) is 2. The fourth-order valence-electron chi connectivity index (χ4n) is 2.02. The minimum absolute atomic E-state index is 0.119. The van der Waals surface area contributed by atoms with Crippen LogP contribution in [-0.2, 0) is 32.3 Å². The number of rotatable bonds is 15. The molecule has 0 heterocycles. The third kappa shape index (κ3) is 16.5. The fraction of sp³-hybridized carbons (Fsp3) is 0.810. The van der Waals surface area contributed by atoms with Crippen molar-refractivity contribution >= 4 is 20.7 Å². The Hall–Kier alpha value is -1.26. The summed E-state index contributed by atoms with van der Waals surface area (Å²) in [6, 6.07) is 0.806. The summed E-state index contributed by atoms with van der Waals surface area (Å²) in [4.78, 5) is 22.1. The van der Waals surface area contributed by atoms with Crippen molar-refractivity contribution in [2.75, 3.05) is 41.1 Å². The predicted octanol–water partition coefficient (Wildman–Crippen LogP) is 3.47. The van der Waals surface area contributed by atoms with Gasteiger partial charge in [-0.1, -0.05) is 40.5 Å². The number of carbonyl (C=O) groups excluding carboxylic acids is 2. The first-order valence-electron chi connectivity index (χ1n) is 10.5. The summed E-state index contributed by atoms with van der Waals surface area (Å²) in [5, 5.41) is 0. The van der Waals surface area contributed by atoms with Crippen molar-refractivity contribution in [2.45, 2.75) is 65.8 Å². The summed E-state index contributed by atoms with van der Waals surface area (Å²) < 4.78 is 25.6. The number of hydrogen-bond donors (Lipinski definition) is 1. The van der Waals surface area contributed by atoms with Gasteiger partial charge in [0.15, 0.2) is 0 Å². The first kappa shape index (κ1) is 30.9. The maximum absolute atomic E-state index is 11.0. The molecule has 0 amide bonds. The molecule has 0 aromatic rings. The largest absolute Gasteiger partial charge is 0.500 e. The van der Waals surface area contributed by atoms with E-state index < -0.39 is 20.7 Å². The second kappa shape index (κ2) is 18.5. The van der Waals surface area contributed by atoms with Crippen molar-refractivity contribution in [3.05, 3.63) is 12.2 Å². The molecule has 0 aromatic heterocycles. The van der Waals surface area contributed by atoms with E-state index in [0.717, 1.165) is 50.3 Å². The molecule has 0 radical (unpaired) electrons. The Kier molecular flexibility index (Phi) is 19.1. The van der Waals surface area contributed by atoms with Crippen LogP contribution in [0.3, 0.4) is 0 Å². The van der Waals surface area contributed by atoms with Gasteiger partial charge < -0.3 is 28.5 Å². The zero-order valence-electron chi connectivity index (χ0n) is 20.0. The Bertz CT molecular complexity index is 448. The summed E-state index contributed by atoms with van der Waals surface area (Å²) in [5.74, 6) is -0.998. The summed E-state index contributed by atoms with van der Waals surface area (Å²) >= 11 is 0. The quantitative estimate of drug-likeness (QED) is 0.175. The fourth-order valence-corrected chi connectivity index (χ4v) is 4.11. The lowest BCUT2D eigenvalue weighted by Gasteiger charge is -2.29. The Morgan fingerprint density at radius 2 is 1.27 bits per heavy atom. The Balaban J connectivity index is 0. The van der Waals surface area contributed by atoms with Crippen molar-refractivity contribution in [3.63, 3.8) is 0 Å². The third-order valence-corrected chi connectivity index (χ3v) is 7.16. The average molecular weight is 450 g/mol. The van der Waals surface area contributed by atoms with Gasteiger partial charge in [0.2, 0.25) is 0 Å². The van der Waals surface area contributed by atoms with Crippen molar-refractivity contribution in [1.29, 1.82) is 0 Å². The topological polar surface area (TPSA) is 106 Å². The highest BCUT2D eigenvalue weighted by atomic mass is 28.4. The summed E-state index contributed by atoms with van der Waals surface area (Å²) in [6.07, 6.45) is 6.76. The number of ether oxygens (including phenoxy) is 2. The van der Waals surface area contributed by atoms with Gasteiger partial charge in [0.05, 0.1) is 13.2 Å². The zero-order chi connectivity index (χ0) is 23.5. The van der Waals surface area contributed by atoms with E-state index in [9.17, 15) is 9.59 Å². The van der Waals surface area contributed by atoms with Gasteiger partial charge in [-0.05, 0) is 31.2 Å². The lowest BCUT2D eigenvalue weighted by Crippen LogP contribution is -2.44. The van der Waals surface area contributed by atoms with Crippen LogP contribution in [0.5, 0.6) is 0 Å². The first-order valence-corrected chi connectivity index (χ1v) is 12.5. The van der Waals surface area contributed by atoms with Gasteiger partial charge in [0.1, 0.15) is 0 Å². The number of nitrogens with two attached hydrogens (primary N) is 1. The molecule has 8 nitrogen and oxygen atoms in total. The molecule has 0 aliphatic heterocycles. The van der Waals surface area contributed by atoms with Crippen LogP contribution in [0.15, 0.2) is 12.2 Å². The van der Waals surface area contributed by atoms with E-state index in [4.69, 9.17) is 28.5 Å². The predicted molar refractivity (Wildman–Crippen MR) is 120 cm³/mol. The molecule has 30 heavy (non-hydrogen) atoms. The minimum Gasteiger partial charge on any atom is -0.463 e. The van der Waals surface area contributed by atoms with Crippen LogP contribution in [0, 0.1) is 5.41 Å². The molecular weight excluding hydrogens is 406 g/mol. The Morgan fingerprint density at radius 1 is 0.867 bits per heavy atom.